The summed E-state index contributed by atoms with van der Waals surface area (Å²) in [6.07, 6.45) is 0.603. The first-order chi connectivity index (χ1) is 6.92. The Hall–Kier alpha value is -1.45. The van der Waals surface area contributed by atoms with Crippen LogP contribution >= 0.6 is 0 Å². The normalized spacial score (nSPS) is 11.3. The van der Waals surface area contributed by atoms with Crippen LogP contribution in [0, 0.1) is 11.6 Å². The number of ether oxygens (including phenoxy) is 1. The summed E-state index contributed by atoms with van der Waals surface area (Å²) in [5.74, 6) is -1.46. The molecule has 0 spiro atoms. The smallest absolute Gasteiger partial charge is 0.134 e. The molecule has 0 fully saturated rings. The molecule has 0 atom stereocenters. The van der Waals surface area contributed by atoms with Gasteiger partial charge in [-0.15, -0.1) is 0 Å². The van der Waals surface area contributed by atoms with Crippen LogP contribution in [0.15, 0.2) is 12.1 Å². The van der Waals surface area contributed by atoms with Gasteiger partial charge in [0.2, 0.25) is 0 Å². The first kappa shape index (κ1) is 11.6. The number of carbonyl (C=O) groups is 1. The van der Waals surface area contributed by atoms with Gasteiger partial charge in [0, 0.05) is 17.7 Å². The molecule has 0 saturated carbocycles. The predicted molar refractivity (Wildman–Crippen MR) is 52.0 cm³/mol. The Morgan fingerprint density at radius 1 is 1.33 bits per heavy atom. The van der Waals surface area contributed by atoms with Crippen molar-refractivity contribution in [3.8, 4) is 5.75 Å². The molecule has 0 bridgehead atoms. The Morgan fingerprint density at radius 2 is 1.93 bits per heavy atom. The minimum Gasteiger partial charge on any atom is -0.496 e. The number of rotatable bonds is 3. The minimum atomic E-state index is -1.04. The fraction of sp³-hybridized carbons (Fsp3) is 0.364. The van der Waals surface area contributed by atoms with Crippen LogP contribution in [0.3, 0.4) is 0 Å². The van der Waals surface area contributed by atoms with Crippen LogP contribution in [0.25, 0.3) is 0 Å². The van der Waals surface area contributed by atoms with Crippen molar-refractivity contribution in [2.75, 3.05) is 7.11 Å². The van der Waals surface area contributed by atoms with Crippen LogP contribution in [-0.4, -0.2) is 13.4 Å². The van der Waals surface area contributed by atoms with Gasteiger partial charge in [0.25, 0.3) is 0 Å². The van der Waals surface area contributed by atoms with Crippen molar-refractivity contribution in [1.29, 1.82) is 0 Å². The van der Waals surface area contributed by atoms with Gasteiger partial charge in [-0.1, -0.05) is 0 Å². The van der Waals surface area contributed by atoms with Gasteiger partial charge in [0.1, 0.15) is 23.7 Å². The molecular formula is C11H12F2O2. The quantitative estimate of drug-likeness (QED) is 0.722. The van der Waals surface area contributed by atoms with Crippen LogP contribution in [0.2, 0.25) is 0 Å². The summed E-state index contributed by atoms with van der Waals surface area (Å²) in [6, 6.07) is 1.80. The maximum Gasteiger partial charge on any atom is 0.134 e. The van der Waals surface area contributed by atoms with Gasteiger partial charge in [0.15, 0.2) is 0 Å². The fourth-order valence-corrected chi connectivity index (χ4v) is 1.40. The third kappa shape index (κ3) is 2.14. The van der Waals surface area contributed by atoms with E-state index >= 15 is 0 Å². The molecule has 2 nitrogen and oxygen atoms in total. The molecule has 1 rings (SSSR count). The number of hydrogen-bond acceptors (Lipinski definition) is 2. The van der Waals surface area contributed by atoms with Crippen molar-refractivity contribution in [2.24, 2.45) is 0 Å². The third-order valence-corrected chi connectivity index (χ3v) is 2.18. The van der Waals surface area contributed by atoms with Crippen LogP contribution < -0.4 is 4.74 Å². The predicted octanol–water partition coefficient (Wildman–Crippen LogP) is 2.45. The van der Waals surface area contributed by atoms with Crippen molar-refractivity contribution in [3.05, 3.63) is 29.3 Å². The van der Waals surface area contributed by atoms with Crippen molar-refractivity contribution in [1.82, 2.24) is 0 Å². The number of methoxy groups -OCH3 is 1. The molecule has 0 aromatic heterocycles. The monoisotopic (exact) mass is 214 g/mol. The molecule has 0 N–H and O–H groups in total. The van der Waals surface area contributed by atoms with Gasteiger partial charge in [-0.05, 0) is 13.8 Å². The zero-order valence-corrected chi connectivity index (χ0v) is 8.80. The van der Waals surface area contributed by atoms with Crippen molar-refractivity contribution < 1.29 is 18.3 Å². The Labute approximate surface area is 86.9 Å². The molecule has 0 aliphatic carbocycles. The van der Waals surface area contributed by atoms with E-state index in [1.165, 1.54) is 7.11 Å². The SMILES string of the molecule is COc1cc(F)cc(F)c1C(C)(C)C=O. The van der Waals surface area contributed by atoms with E-state index in [0.29, 0.717) is 6.29 Å². The van der Waals surface area contributed by atoms with E-state index in [2.05, 4.69) is 0 Å². The largest absolute Gasteiger partial charge is 0.496 e. The van der Waals surface area contributed by atoms with Gasteiger partial charge >= 0.3 is 0 Å². The van der Waals surface area contributed by atoms with Crippen molar-refractivity contribution in [3.63, 3.8) is 0 Å². The van der Waals surface area contributed by atoms with Crippen LogP contribution in [0.1, 0.15) is 19.4 Å². The zero-order valence-electron chi connectivity index (χ0n) is 8.80. The lowest BCUT2D eigenvalue weighted by Crippen LogP contribution is -2.21. The van der Waals surface area contributed by atoms with E-state index in [4.69, 9.17) is 4.74 Å². The highest BCUT2D eigenvalue weighted by Crippen LogP contribution is 2.33. The molecule has 0 radical (unpaired) electrons. The summed E-state index contributed by atoms with van der Waals surface area (Å²) >= 11 is 0. The molecule has 0 aliphatic heterocycles. The Kier molecular flexibility index (Phi) is 3.07. The van der Waals surface area contributed by atoms with Gasteiger partial charge in [0.05, 0.1) is 12.5 Å². The fourth-order valence-electron chi connectivity index (χ4n) is 1.40. The standard InChI is InChI=1S/C11H12F2O2/c1-11(2,6-14)10-8(13)4-7(12)5-9(10)15-3/h4-6H,1-3H3. The minimum absolute atomic E-state index is 0.0459. The first-order valence-corrected chi connectivity index (χ1v) is 4.42. The summed E-state index contributed by atoms with van der Waals surface area (Å²) < 4.78 is 31.2. The number of carbonyl (C=O) groups excluding carboxylic acids is 1. The summed E-state index contributed by atoms with van der Waals surface area (Å²) in [4.78, 5) is 10.8. The van der Waals surface area contributed by atoms with E-state index in [-0.39, 0.29) is 11.3 Å². The number of benzene rings is 1. The van der Waals surface area contributed by atoms with E-state index in [1.807, 2.05) is 0 Å². The van der Waals surface area contributed by atoms with Crippen molar-refractivity contribution >= 4 is 6.29 Å². The molecule has 0 aliphatic rings. The third-order valence-electron chi connectivity index (χ3n) is 2.18. The Morgan fingerprint density at radius 3 is 2.40 bits per heavy atom. The average molecular weight is 214 g/mol. The van der Waals surface area contributed by atoms with Crippen LogP contribution in [0.5, 0.6) is 5.75 Å². The topological polar surface area (TPSA) is 26.3 Å². The highest BCUT2D eigenvalue weighted by molar-refractivity contribution is 5.69. The molecule has 0 unspecified atom stereocenters. The second kappa shape index (κ2) is 3.96. The lowest BCUT2D eigenvalue weighted by molar-refractivity contribution is -0.111. The summed E-state index contributed by atoms with van der Waals surface area (Å²) in [7, 11) is 1.30. The van der Waals surface area contributed by atoms with Crippen LogP contribution in [0.4, 0.5) is 8.78 Å². The molecule has 0 saturated heterocycles. The lowest BCUT2D eigenvalue weighted by atomic mass is 9.85. The van der Waals surface area contributed by atoms with E-state index in [9.17, 15) is 13.6 Å². The molecule has 82 valence electrons. The maximum absolute atomic E-state index is 13.5. The summed E-state index contributed by atoms with van der Waals surface area (Å²) in [6.45, 7) is 3.08. The lowest BCUT2D eigenvalue weighted by Gasteiger charge is -2.21. The molecule has 0 amide bonds. The average Bonchev–Trinajstić information content (AvgIpc) is 2.15. The van der Waals surface area contributed by atoms with E-state index in [1.54, 1.807) is 13.8 Å². The van der Waals surface area contributed by atoms with Gasteiger partial charge in [-0.25, -0.2) is 8.78 Å². The Bertz CT molecular complexity index is 386. The van der Waals surface area contributed by atoms with Gasteiger partial charge in [-0.3, -0.25) is 0 Å². The first-order valence-electron chi connectivity index (χ1n) is 4.42. The second-order valence-electron chi connectivity index (χ2n) is 3.80. The highest BCUT2D eigenvalue weighted by Gasteiger charge is 2.28. The number of halogens is 2. The van der Waals surface area contributed by atoms with E-state index in [0.717, 1.165) is 12.1 Å². The molecule has 15 heavy (non-hydrogen) atoms. The second-order valence-corrected chi connectivity index (χ2v) is 3.80. The molecule has 4 heteroatoms. The Balaban J connectivity index is 3.45. The van der Waals surface area contributed by atoms with Crippen molar-refractivity contribution in [2.45, 2.75) is 19.3 Å². The summed E-state index contributed by atoms with van der Waals surface area (Å²) in [5, 5.41) is 0. The number of aldehydes is 1. The molecule has 1 aromatic rings. The van der Waals surface area contributed by atoms with Crippen LogP contribution in [-0.2, 0) is 10.2 Å². The van der Waals surface area contributed by atoms with E-state index < -0.39 is 17.0 Å². The molecular weight excluding hydrogens is 202 g/mol. The summed E-state index contributed by atoms with van der Waals surface area (Å²) in [5.41, 5.74) is -0.968. The maximum atomic E-state index is 13.5. The number of hydrogen-bond donors (Lipinski definition) is 0. The zero-order chi connectivity index (χ0) is 11.6. The van der Waals surface area contributed by atoms with Gasteiger partial charge < -0.3 is 9.53 Å². The highest BCUT2D eigenvalue weighted by atomic mass is 19.1. The van der Waals surface area contributed by atoms with Gasteiger partial charge in [-0.2, -0.15) is 0 Å². The molecule has 1 aromatic carbocycles. The molecule has 0 heterocycles.